The van der Waals surface area contributed by atoms with Crippen LogP contribution in [-0.4, -0.2) is 46.8 Å². The van der Waals surface area contributed by atoms with Gasteiger partial charge in [-0.3, -0.25) is 4.79 Å². The molecule has 0 aliphatic heterocycles. The van der Waals surface area contributed by atoms with Crippen LogP contribution in [0.3, 0.4) is 0 Å². The van der Waals surface area contributed by atoms with E-state index in [-0.39, 0.29) is 31.2 Å². The highest BCUT2D eigenvalue weighted by Crippen LogP contribution is 2.30. The smallest absolute Gasteiger partial charge is 0.277 e. The van der Waals surface area contributed by atoms with E-state index in [4.69, 9.17) is 10.5 Å². The van der Waals surface area contributed by atoms with Gasteiger partial charge in [-0.05, 0) is 31.4 Å². The number of amides is 1. The first kappa shape index (κ1) is 25.3. The highest BCUT2D eigenvalue weighted by molar-refractivity contribution is 5.86. The van der Waals surface area contributed by atoms with Crippen molar-refractivity contribution in [3.8, 4) is 5.88 Å². The number of fused-ring (bicyclic) bond motifs is 1. The van der Waals surface area contributed by atoms with E-state index in [1.54, 1.807) is 11.7 Å². The van der Waals surface area contributed by atoms with E-state index in [0.29, 0.717) is 17.9 Å². The molecule has 3 N–H and O–H groups in total. The number of halogens is 4. The van der Waals surface area contributed by atoms with E-state index in [1.165, 1.54) is 7.11 Å². The Balaban J connectivity index is 0.00000338. The fourth-order valence-electron chi connectivity index (χ4n) is 2.73. The number of carbonyl (C=O) groups is 1. The first-order valence-corrected chi connectivity index (χ1v) is 7.91. The minimum absolute atomic E-state index is 0. The number of pyridine rings is 1. The summed E-state index contributed by atoms with van der Waals surface area (Å²) in [6.45, 7) is 2.21. The standard InChI is InChI=1S/C16H23F2N5O2.2ClH/c1-9-11(5-6-12(24)20-8-16(17,18)7-19)10(2)21-14-13(9)15(25-4)22-23(14)3;;/h5-8,19H2,1-4H3,(H,20,24);2*1H. The second-order valence-corrected chi connectivity index (χ2v) is 5.97. The van der Waals surface area contributed by atoms with E-state index in [1.807, 2.05) is 13.8 Å². The summed E-state index contributed by atoms with van der Waals surface area (Å²) in [4.78, 5) is 16.4. The molecule has 0 aliphatic rings. The van der Waals surface area contributed by atoms with E-state index in [2.05, 4.69) is 15.4 Å². The van der Waals surface area contributed by atoms with Gasteiger partial charge in [-0.15, -0.1) is 29.9 Å². The Kier molecular flexibility index (Phi) is 9.37. The number of alkyl halides is 2. The maximum atomic E-state index is 13.1. The number of rotatable bonds is 7. The summed E-state index contributed by atoms with van der Waals surface area (Å²) in [6.07, 6.45) is 0.469. The van der Waals surface area contributed by atoms with E-state index < -0.39 is 24.9 Å². The van der Waals surface area contributed by atoms with Crippen molar-refractivity contribution in [3.63, 3.8) is 0 Å². The summed E-state index contributed by atoms with van der Waals surface area (Å²) in [5.41, 5.74) is 8.23. The van der Waals surface area contributed by atoms with Crippen molar-refractivity contribution >= 4 is 41.8 Å². The molecule has 0 saturated carbocycles. The molecule has 2 aromatic rings. The molecular weight excluding hydrogens is 403 g/mol. The number of hydrogen-bond acceptors (Lipinski definition) is 5. The lowest BCUT2D eigenvalue weighted by molar-refractivity contribution is -0.122. The third-order valence-electron chi connectivity index (χ3n) is 4.16. The largest absolute Gasteiger partial charge is 0.479 e. The maximum Gasteiger partial charge on any atom is 0.277 e. The molecule has 0 bridgehead atoms. The molecule has 11 heteroatoms. The van der Waals surface area contributed by atoms with Crippen LogP contribution < -0.4 is 15.8 Å². The molecule has 1 amide bonds. The number of carbonyl (C=O) groups excluding carboxylic acids is 1. The summed E-state index contributed by atoms with van der Waals surface area (Å²) in [6, 6.07) is 0. The maximum absolute atomic E-state index is 13.1. The van der Waals surface area contributed by atoms with Gasteiger partial charge in [0.05, 0.1) is 25.6 Å². The second kappa shape index (κ2) is 10.0. The number of aryl methyl sites for hydroxylation is 3. The van der Waals surface area contributed by atoms with Gasteiger partial charge in [0.15, 0.2) is 5.65 Å². The molecule has 2 rings (SSSR count). The number of nitrogens with one attached hydrogen (secondary N) is 1. The number of hydrogen-bond donors (Lipinski definition) is 2. The summed E-state index contributed by atoms with van der Waals surface area (Å²) < 4.78 is 33.1. The third-order valence-corrected chi connectivity index (χ3v) is 4.16. The zero-order valence-electron chi connectivity index (χ0n) is 15.6. The molecule has 2 aromatic heterocycles. The number of ether oxygens (including phenoxy) is 1. The number of nitrogens with two attached hydrogens (primary N) is 1. The second-order valence-electron chi connectivity index (χ2n) is 5.97. The zero-order chi connectivity index (χ0) is 18.8. The zero-order valence-corrected chi connectivity index (χ0v) is 17.3. The molecule has 27 heavy (non-hydrogen) atoms. The Bertz CT molecular complexity index is 799. The lowest BCUT2D eigenvalue weighted by Gasteiger charge is -2.15. The first-order chi connectivity index (χ1) is 11.7. The van der Waals surface area contributed by atoms with Gasteiger partial charge in [0.25, 0.3) is 5.92 Å². The highest BCUT2D eigenvalue weighted by atomic mass is 35.5. The molecule has 0 radical (unpaired) electrons. The normalized spacial score (nSPS) is 10.9. The molecule has 7 nitrogen and oxygen atoms in total. The van der Waals surface area contributed by atoms with Crippen molar-refractivity contribution in [1.29, 1.82) is 0 Å². The van der Waals surface area contributed by atoms with Gasteiger partial charge >= 0.3 is 0 Å². The Labute approximate surface area is 168 Å². The molecule has 2 heterocycles. The molecule has 0 fully saturated rings. The quantitative estimate of drug-likeness (QED) is 0.704. The molecule has 0 atom stereocenters. The van der Waals surface area contributed by atoms with Gasteiger partial charge in [-0.1, -0.05) is 0 Å². The minimum atomic E-state index is -3.09. The van der Waals surface area contributed by atoms with Crippen LogP contribution in [0.15, 0.2) is 0 Å². The first-order valence-electron chi connectivity index (χ1n) is 7.91. The fraction of sp³-hybridized carbons (Fsp3) is 0.562. The number of methoxy groups -OCH3 is 1. The number of aromatic nitrogens is 3. The van der Waals surface area contributed by atoms with Crippen molar-refractivity contribution < 1.29 is 18.3 Å². The predicted molar refractivity (Wildman–Crippen MR) is 104 cm³/mol. The molecule has 0 unspecified atom stereocenters. The molecular formula is C16H25Cl2F2N5O2. The van der Waals surface area contributed by atoms with Crippen molar-refractivity contribution in [1.82, 2.24) is 20.1 Å². The van der Waals surface area contributed by atoms with Gasteiger partial charge in [-0.2, -0.15) is 0 Å². The van der Waals surface area contributed by atoms with Crippen LogP contribution in [0.1, 0.15) is 23.2 Å². The van der Waals surface area contributed by atoms with E-state index in [9.17, 15) is 13.6 Å². The van der Waals surface area contributed by atoms with Crippen molar-refractivity contribution in [2.75, 3.05) is 20.2 Å². The minimum Gasteiger partial charge on any atom is -0.479 e. The van der Waals surface area contributed by atoms with Crippen molar-refractivity contribution in [3.05, 3.63) is 16.8 Å². The van der Waals surface area contributed by atoms with Crippen LogP contribution in [0.4, 0.5) is 8.78 Å². The lowest BCUT2D eigenvalue weighted by atomic mass is 10.00. The van der Waals surface area contributed by atoms with Crippen molar-refractivity contribution in [2.24, 2.45) is 12.8 Å². The summed E-state index contributed by atoms with van der Waals surface area (Å²) in [5.74, 6) is -3.08. The molecule has 0 aliphatic carbocycles. The third kappa shape index (κ3) is 5.63. The van der Waals surface area contributed by atoms with Crippen LogP contribution >= 0.6 is 24.8 Å². The van der Waals surface area contributed by atoms with E-state index in [0.717, 1.165) is 22.2 Å². The number of nitrogens with zero attached hydrogens (tertiary/aromatic N) is 3. The molecule has 154 valence electrons. The van der Waals surface area contributed by atoms with Gasteiger partial charge in [0.2, 0.25) is 11.8 Å². The van der Waals surface area contributed by atoms with Gasteiger partial charge in [0.1, 0.15) is 0 Å². The van der Waals surface area contributed by atoms with Crippen LogP contribution in [0.25, 0.3) is 11.0 Å². The Morgan fingerprint density at radius 2 is 1.96 bits per heavy atom. The Morgan fingerprint density at radius 3 is 2.52 bits per heavy atom. The Morgan fingerprint density at radius 1 is 1.33 bits per heavy atom. The van der Waals surface area contributed by atoms with Crippen LogP contribution in [0, 0.1) is 13.8 Å². The molecule has 0 spiro atoms. The fourth-order valence-corrected chi connectivity index (χ4v) is 2.73. The van der Waals surface area contributed by atoms with Crippen LogP contribution in [0.5, 0.6) is 5.88 Å². The van der Waals surface area contributed by atoms with Gasteiger partial charge < -0.3 is 15.8 Å². The summed E-state index contributed by atoms with van der Waals surface area (Å²) >= 11 is 0. The monoisotopic (exact) mass is 427 g/mol. The average Bonchev–Trinajstić information content (AvgIpc) is 2.89. The Hall–Kier alpha value is -1.71. The van der Waals surface area contributed by atoms with Crippen LogP contribution in [0.2, 0.25) is 0 Å². The highest BCUT2D eigenvalue weighted by Gasteiger charge is 2.27. The summed E-state index contributed by atoms with van der Waals surface area (Å²) in [7, 11) is 3.31. The van der Waals surface area contributed by atoms with Gasteiger partial charge in [-0.25, -0.2) is 18.4 Å². The topological polar surface area (TPSA) is 95.1 Å². The predicted octanol–water partition coefficient (Wildman–Crippen LogP) is 2.08. The van der Waals surface area contributed by atoms with Crippen molar-refractivity contribution in [2.45, 2.75) is 32.6 Å². The summed E-state index contributed by atoms with van der Waals surface area (Å²) in [5, 5.41) is 7.28. The average molecular weight is 428 g/mol. The molecule has 0 aromatic carbocycles. The molecule has 0 saturated heterocycles. The SMILES string of the molecule is COc1nn(C)c2nc(C)c(CCC(=O)NCC(F)(F)CN)c(C)c12.Cl.Cl. The lowest BCUT2D eigenvalue weighted by Crippen LogP contribution is -2.41. The van der Waals surface area contributed by atoms with Crippen LogP contribution in [-0.2, 0) is 18.3 Å². The van der Waals surface area contributed by atoms with Gasteiger partial charge in [0, 0.05) is 19.2 Å². The van der Waals surface area contributed by atoms with E-state index >= 15 is 0 Å².